The average Bonchev–Trinajstić information content (AvgIpc) is 3.14. The molecule has 0 unspecified atom stereocenters. The number of rotatable bonds is 4. The number of furan rings is 1. The van der Waals surface area contributed by atoms with Gasteiger partial charge in [-0.15, -0.1) is 0 Å². The summed E-state index contributed by atoms with van der Waals surface area (Å²) in [6.07, 6.45) is -3.15. The van der Waals surface area contributed by atoms with Crippen molar-refractivity contribution in [1.82, 2.24) is 5.32 Å². The van der Waals surface area contributed by atoms with Gasteiger partial charge in [-0.1, -0.05) is 0 Å². The molecule has 0 atom stereocenters. The Bertz CT molecular complexity index is 741. The molecule has 9 heteroatoms. The van der Waals surface area contributed by atoms with Gasteiger partial charge in [-0.2, -0.15) is 13.2 Å². The molecule has 3 rings (SSSR count). The number of carbonyl (C=O) groups is 1. The number of benzene rings is 1. The summed E-state index contributed by atoms with van der Waals surface area (Å²) in [6, 6.07) is 6.43. The fourth-order valence-electron chi connectivity index (χ4n) is 2.64. The number of ether oxygens (including phenoxy) is 1. The first-order valence-electron chi connectivity index (χ1n) is 8.04. The van der Waals surface area contributed by atoms with Crippen molar-refractivity contribution in [2.75, 3.05) is 36.5 Å². The van der Waals surface area contributed by atoms with E-state index in [1.807, 2.05) is 4.90 Å². The number of carbonyl (C=O) groups excluding carboxylic acids is 1. The summed E-state index contributed by atoms with van der Waals surface area (Å²) in [5.74, 6) is 0.499. The maximum Gasteiger partial charge on any atom is 0.418 e. The summed E-state index contributed by atoms with van der Waals surface area (Å²) in [6.45, 7) is 2.06. The van der Waals surface area contributed by atoms with Crippen LogP contribution in [0.4, 0.5) is 29.3 Å². The van der Waals surface area contributed by atoms with E-state index in [9.17, 15) is 18.0 Å². The zero-order valence-corrected chi connectivity index (χ0v) is 13.8. The molecule has 1 aromatic heterocycles. The van der Waals surface area contributed by atoms with Gasteiger partial charge in [0, 0.05) is 18.8 Å². The lowest BCUT2D eigenvalue weighted by Gasteiger charge is -2.29. The molecule has 6 nitrogen and oxygen atoms in total. The zero-order valence-electron chi connectivity index (χ0n) is 13.8. The Morgan fingerprint density at radius 2 is 1.96 bits per heavy atom. The number of alkyl halides is 3. The summed E-state index contributed by atoms with van der Waals surface area (Å²) in [5, 5.41) is 4.71. The normalized spacial score (nSPS) is 15.0. The second-order valence-corrected chi connectivity index (χ2v) is 5.71. The van der Waals surface area contributed by atoms with Crippen LogP contribution in [0, 0.1) is 0 Å². The van der Waals surface area contributed by atoms with Gasteiger partial charge in [0.15, 0.2) is 0 Å². The summed E-state index contributed by atoms with van der Waals surface area (Å²) in [5.41, 5.74) is -0.747. The number of nitrogens with zero attached hydrogens (tertiary/aromatic N) is 1. The smallest absolute Gasteiger partial charge is 0.418 e. The Morgan fingerprint density at radius 1 is 1.19 bits per heavy atom. The fraction of sp³-hybridized carbons (Fsp3) is 0.353. The Morgan fingerprint density at radius 3 is 2.62 bits per heavy atom. The molecule has 26 heavy (non-hydrogen) atoms. The van der Waals surface area contributed by atoms with Gasteiger partial charge in [-0.3, -0.25) is 0 Å². The second kappa shape index (κ2) is 7.69. The molecule has 0 spiro atoms. The predicted molar refractivity (Wildman–Crippen MR) is 89.0 cm³/mol. The number of hydrogen-bond donors (Lipinski definition) is 2. The fourth-order valence-corrected chi connectivity index (χ4v) is 2.64. The minimum atomic E-state index is -4.59. The van der Waals surface area contributed by atoms with E-state index in [0.29, 0.717) is 37.8 Å². The van der Waals surface area contributed by atoms with Gasteiger partial charge in [-0.05, 0) is 30.3 Å². The average molecular weight is 369 g/mol. The number of urea groups is 1. The monoisotopic (exact) mass is 369 g/mol. The highest BCUT2D eigenvalue weighted by atomic mass is 19.4. The van der Waals surface area contributed by atoms with E-state index in [0.717, 1.165) is 6.07 Å². The molecule has 1 aliphatic rings. The largest absolute Gasteiger partial charge is 0.467 e. The zero-order chi connectivity index (χ0) is 18.6. The van der Waals surface area contributed by atoms with E-state index in [-0.39, 0.29) is 12.2 Å². The van der Waals surface area contributed by atoms with E-state index >= 15 is 0 Å². The molecule has 0 saturated carbocycles. The van der Waals surface area contributed by atoms with Gasteiger partial charge >= 0.3 is 12.2 Å². The molecule has 1 fully saturated rings. The standard InChI is InChI=1S/C17H18F3N3O3/c18-17(19,20)14-10-12(23-5-8-25-9-6-23)3-4-15(14)22-16(24)21-11-13-2-1-7-26-13/h1-4,7,10H,5-6,8-9,11H2,(H2,21,22,24). The van der Waals surface area contributed by atoms with Crippen molar-refractivity contribution in [3.63, 3.8) is 0 Å². The van der Waals surface area contributed by atoms with Crippen LogP contribution in [0.5, 0.6) is 0 Å². The van der Waals surface area contributed by atoms with E-state index < -0.39 is 17.8 Å². The van der Waals surface area contributed by atoms with Crippen molar-refractivity contribution in [2.24, 2.45) is 0 Å². The van der Waals surface area contributed by atoms with Gasteiger partial charge < -0.3 is 24.7 Å². The van der Waals surface area contributed by atoms with Crippen molar-refractivity contribution in [3.05, 3.63) is 47.9 Å². The summed E-state index contributed by atoms with van der Waals surface area (Å²) >= 11 is 0. The highest BCUT2D eigenvalue weighted by Gasteiger charge is 2.34. The van der Waals surface area contributed by atoms with Crippen LogP contribution in [-0.4, -0.2) is 32.3 Å². The number of hydrogen-bond acceptors (Lipinski definition) is 4. The van der Waals surface area contributed by atoms with E-state index in [1.165, 1.54) is 12.3 Å². The lowest BCUT2D eigenvalue weighted by Crippen LogP contribution is -2.36. The molecule has 1 aromatic carbocycles. The molecule has 0 radical (unpaired) electrons. The van der Waals surface area contributed by atoms with Crippen LogP contribution in [0.15, 0.2) is 41.0 Å². The van der Waals surface area contributed by atoms with Crippen LogP contribution in [-0.2, 0) is 17.5 Å². The van der Waals surface area contributed by atoms with Gasteiger partial charge in [0.1, 0.15) is 5.76 Å². The summed E-state index contributed by atoms with van der Waals surface area (Å²) in [7, 11) is 0. The number of morpholine rings is 1. The first kappa shape index (κ1) is 18.1. The number of amides is 2. The second-order valence-electron chi connectivity index (χ2n) is 5.71. The van der Waals surface area contributed by atoms with Crippen molar-refractivity contribution in [1.29, 1.82) is 0 Å². The molecular weight excluding hydrogens is 351 g/mol. The molecule has 2 aromatic rings. The SMILES string of the molecule is O=C(NCc1ccco1)Nc1ccc(N2CCOCC2)cc1C(F)(F)F. The summed E-state index contributed by atoms with van der Waals surface area (Å²) in [4.78, 5) is 13.7. The third kappa shape index (κ3) is 4.48. The van der Waals surface area contributed by atoms with Crippen LogP contribution < -0.4 is 15.5 Å². The lowest BCUT2D eigenvalue weighted by atomic mass is 10.1. The molecule has 140 valence electrons. The molecule has 1 saturated heterocycles. The molecular formula is C17H18F3N3O3. The van der Waals surface area contributed by atoms with Crippen LogP contribution in [0.3, 0.4) is 0 Å². The maximum atomic E-state index is 13.4. The third-order valence-corrected chi connectivity index (χ3v) is 3.94. The number of nitrogens with one attached hydrogen (secondary N) is 2. The summed E-state index contributed by atoms with van der Waals surface area (Å²) < 4.78 is 50.5. The van der Waals surface area contributed by atoms with E-state index in [2.05, 4.69) is 10.6 Å². The highest BCUT2D eigenvalue weighted by Crippen LogP contribution is 2.37. The molecule has 0 aliphatic carbocycles. The van der Waals surface area contributed by atoms with Gasteiger partial charge in [0.05, 0.1) is 37.3 Å². The molecule has 2 heterocycles. The van der Waals surface area contributed by atoms with Crippen molar-refractivity contribution >= 4 is 17.4 Å². The van der Waals surface area contributed by atoms with E-state index in [1.54, 1.807) is 18.2 Å². The topological polar surface area (TPSA) is 66.7 Å². The van der Waals surface area contributed by atoms with Gasteiger partial charge in [0.25, 0.3) is 0 Å². The van der Waals surface area contributed by atoms with Crippen LogP contribution in [0.25, 0.3) is 0 Å². The predicted octanol–water partition coefficient (Wildman–Crippen LogP) is 3.46. The first-order chi connectivity index (χ1) is 12.4. The van der Waals surface area contributed by atoms with Crippen LogP contribution in [0.1, 0.15) is 11.3 Å². The number of anilines is 2. The maximum absolute atomic E-state index is 13.4. The van der Waals surface area contributed by atoms with Crippen LogP contribution >= 0.6 is 0 Å². The minimum absolute atomic E-state index is 0.0754. The molecule has 2 amide bonds. The van der Waals surface area contributed by atoms with Crippen molar-refractivity contribution in [3.8, 4) is 0 Å². The lowest BCUT2D eigenvalue weighted by molar-refractivity contribution is -0.136. The Kier molecular flexibility index (Phi) is 5.36. The molecule has 2 N–H and O–H groups in total. The minimum Gasteiger partial charge on any atom is -0.467 e. The number of halogens is 3. The quantitative estimate of drug-likeness (QED) is 0.866. The highest BCUT2D eigenvalue weighted by molar-refractivity contribution is 5.90. The Labute approximate surface area is 147 Å². The Hall–Kier alpha value is -2.68. The molecule has 1 aliphatic heterocycles. The van der Waals surface area contributed by atoms with Crippen molar-refractivity contribution < 1.29 is 27.1 Å². The third-order valence-electron chi connectivity index (χ3n) is 3.94. The van der Waals surface area contributed by atoms with E-state index in [4.69, 9.17) is 9.15 Å². The van der Waals surface area contributed by atoms with Crippen LogP contribution in [0.2, 0.25) is 0 Å². The Balaban J connectivity index is 1.73. The van der Waals surface area contributed by atoms with Gasteiger partial charge in [-0.25, -0.2) is 4.79 Å². The van der Waals surface area contributed by atoms with Crippen molar-refractivity contribution in [2.45, 2.75) is 12.7 Å². The molecule has 0 bridgehead atoms. The first-order valence-corrected chi connectivity index (χ1v) is 8.04. The van der Waals surface area contributed by atoms with Gasteiger partial charge in [0.2, 0.25) is 0 Å².